The van der Waals surface area contributed by atoms with Crippen molar-refractivity contribution >= 4 is 26.8 Å². The Morgan fingerprint density at radius 2 is 2.00 bits per heavy atom. The van der Waals surface area contributed by atoms with Crippen molar-refractivity contribution in [1.29, 1.82) is 0 Å². The van der Waals surface area contributed by atoms with E-state index in [-0.39, 0.29) is 0 Å². The van der Waals surface area contributed by atoms with Gasteiger partial charge in [0.2, 0.25) is 0 Å². The molecule has 4 rings (SSSR count). The first-order chi connectivity index (χ1) is 12.6. The van der Waals surface area contributed by atoms with Crippen LogP contribution in [0.1, 0.15) is 12.8 Å². The van der Waals surface area contributed by atoms with Crippen LogP contribution in [0.25, 0.3) is 22.2 Å². The van der Waals surface area contributed by atoms with Crippen LogP contribution < -0.4 is 4.74 Å². The summed E-state index contributed by atoms with van der Waals surface area (Å²) in [6.07, 6.45) is 2.37. The fraction of sp³-hybridized carbons (Fsp3) is 0.364. The molecule has 0 spiro atoms. The lowest BCUT2D eigenvalue weighted by Gasteiger charge is -2.26. The molecule has 0 radical (unpaired) electrons. The summed E-state index contributed by atoms with van der Waals surface area (Å²) in [5.41, 5.74) is 3.73. The van der Waals surface area contributed by atoms with E-state index in [4.69, 9.17) is 4.74 Å². The third-order valence-electron chi connectivity index (χ3n) is 5.16. The van der Waals surface area contributed by atoms with Crippen LogP contribution in [-0.2, 0) is 6.54 Å². The first-order valence-electron chi connectivity index (χ1n) is 9.27. The van der Waals surface area contributed by atoms with Crippen molar-refractivity contribution in [3.63, 3.8) is 0 Å². The van der Waals surface area contributed by atoms with Gasteiger partial charge in [-0.3, -0.25) is 0 Å². The fourth-order valence-electron chi connectivity index (χ4n) is 3.85. The van der Waals surface area contributed by atoms with Gasteiger partial charge in [-0.05, 0) is 63.8 Å². The van der Waals surface area contributed by atoms with E-state index >= 15 is 0 Å². The Hall–Kier alpha value is -1.78. The van der Waals surface area contributed by atoms with Crippen LogP contribution in [0.3, 0.4) is 0 Å². The second-order valence-electron chi connectivity index (χ2n) is 7.46. The van der Waals surface area contributed by atoms with Crippen LogP contribution in [0.5, 0.6) is 5.75 Å². The monoisotopic (exact) mass is 412 g/mol. The zero-order valence-corrected chi connectivity index (χ0v) is 17.0. The second-order valence-corrected chi connectivity index (χ2v) is 8.38. The Balaban J connectivity index is 1.76. The van der Waals surface area contributed by atoms with Crippen molar-refractivity contribution in [1.82, 2.24) is 9.47 Å². The van der Waals surface area contributed by atoms with Crippen LogP contribution in [0.4, 0.5) is 0 Å². The molecule has 1 aromatic heterocycles. The fourth-order valence-corrected chi connectivity index (χ4v) is 4.21. The van der Waals surface area contributed by atoms with Gasteiger partial charge < -0.3 is 14.2 Å². The van der Waals surface area contributed by atoms with Gasteiger partial charge in [-0.15, -0.1) is 0 Å². The highest BCUT2D eigenvalue weighted by molar-refractivity contribution is 9.10. The average Bonchev–Trinajstić information content (AvgIpc) is 2.96. The minimum atomic E-state index is 0.515. The first-order valence-corrected chi connectivity index (χ1v) is 10.1. The minimum absolute atomic E-state index is 0.515. The summed E-state index contributed by atoms with van der Waals surface area (Å²) in [7, 11) is 4.28. The zero-order chi connectivity index (χ0) is 18.1. The molecule has 26 heavy (non-hydrogen) atoms. The van der Waals surface area contributed by atoms with Crippen LogP contribution in [0.15, 0.2) is 53.0 Å². The zero-order valence-electron chi connectivity index (χ0n) is 15.4. The van der Waals surface area contributed by atoms with Gasteiger partial charge in [0.1, 0.15) is 5.75 Å². The average molecular weight is 413 g/mol. The van der Waals surface area contributed by atoms with Crippen molar-refractivity contribution in [2.75, 3.05) is 27.2 Å². The first kappa shape index (κ1) is 17.6. The number of aromatic nitrogens is 1. The molecule has 3 aromatic rings. The summed E-state index contributed by atoms with van der Waals surface area (Å²) in [5, 5.41) is 1.29. The van der Waals surface area contributed by atoms with Crippen molar-refractivity contribution in [2.45, 2.75) is 19.4 Å². The van der Waals surface area contributed by atoms with E-state index in [0.29, 0.717) is 5.92 Å². The largest absolute Gasteiger partial charge is 0.493 e. The molecule has 0 amide bonds. The molecular formula is C22H25BrN2O. The topological polar surface area (TPSA) is 17.4 Å². The van der Waals surface area contributed by atoms with E-state index in [9.17, 15) is 0 Å². The summed E-state index contributed by atoms with van der Waals surface area (Å²) >= 11 is 3.62. The van der Waals surface area contributed by atoms with Crippen molar-refractivity contribution in [3.8, 4) is 17.0 Å². The standard InChI is InChI=1S/C22H25BrN2O/c1-24(2)11-5-6-16-14-25-20-8-4-3-7-17(20)12-21(25)19-13-18(23)9-10-22(19)26-15-16/h3-4,7-10,12-13,16H,5-6,11,14-15H2,1-2H3. The number of benzene rings is 2. The molecule has 2 heterocycles. The molecule has 1 atom stereocenters. The van der Waals surface area contributed by atoms with E-state index < -0.39 is 0 Å². The summed E-state index contributed by atoms with van der Waals surface area (Å²) in [6.45, 7) is 2.90. The van der Waals surface area contributed by atoms with E-state index in [2.05, 4.69) is 88.0 Å². The predicted octanol–water partition coefficient (Wildman–Crippen LogP) is 5.42. The molecule has 0 saturated heterocycles. The molecule has 1 aliphatic rings. The van der Waals surface area contributed by atoms with E-state index in [1.807, 2.05) is 0 Å². The number of ether oxygens (including phenoxy) is 1. The SMILES string of the molecule is CN(C)CCCC1COc2ccc(Br)cc2-c2cc3ccccc3n2C1. The summed E-state index contributed by atoms with van der Waals surface area (Å²) in [4.78, 5) is 2.26. The maximum Gasteiger partial charge on any atom is 0.128 e. The van der Waals surface area contributed by atoms with Gasteiger partial charge in [0.15, 0.2) is 0 Å². The highest BCUT2D eigenvalue weighted by atomic mass is 79.9. The Morgan fingerprint density at radius 1 is 1.15 bits per heavy atom. The van der Waals surface area contributed by atoms with Gasteiger partial charge >= 0.3 is 0 Å². The number of rotatable bonds is 4. The molecule has 0 aliphatic carbocycles. The molecule has 136 valence electrons. The third kappa shape index (κ3) is 3.53. The van der Waals surface area contributed by atoms with E-state index in [1.165, 1.54) is 35.0 Å². The number of fused-ring (bicyclic) bond motifs is 5. The molecule has 0 saturated carbocycles. The number of hydrogen-bond acceptors (Lipinski definition) is 2. The lowest BCUT2D eigenvalue weighted by Crippen LogP contribution is -2.23. The molecule has 0 N–H and O–H groups in total. The van der Waals surface area contributed by atoms with Crippen LogP contribution in [0, 0.1) is 5.92 Å². The van der Waals surface area contributed by atoms with Crippen molar-refractivity contribution < 1.29 is 4.74 Å². The molecule has 2 aromatic carbocycles. The highest BCUT2D eigenvalue weighted by Crippen LogP contribution is 2.38. The lowest BCUT2D eigenvalue weighted by molar-refractivity contribution is 0.214. The molecule has 3 nitrogen and oxygen atoms in total. The number of para-hydroxylation sites is 1. The summed E-state index contributed by atoms with van der Waals surface area (Å²) in [5.74, 6) is 1.50. The molecule has 1 unspecified atom stereocenters. The maximum atomic E-state index is 6.26. The minimum Gasteiger partial charge on any atom is -0.493 e. The summed E-state index contributed by atoms with van der Waals surface area (Å²) in [6, 6.07) is 17.3. The van der Waals surface area contributed by atoms with Gasteiger partial charge in [-0.25, -0.2) is 0 Å². The molecule has 1 aliphatic heterocycles. The third-order valence-corrected chi connectivity index (χ3v) is 5.65. The Labute approximate surface area is 163 Å². The van der Waals surface area contributed by atoms with Crippen LogP contribution >= 0.6 is 15.9 Å². The normalized spacial score (nSPS) is 16.7. The van der Waals surface area contributed by atoms with Crippen molar-refractivity contribution in [2.24, 2.45) is 5.92 Å². The number of hydrogen-bond donors (Lipinski definition) is 0. The number of halogens is 1. The predicted molar refractivity (Wildman–Crippen MR) is 112 cm³/mol. The summed E-state index contributed by atoms with van der Waals surface area (Å²) < 4.78 is 9.83. The quantitative estimate of drug-likeness (QED) is 0.568. The van der Waals surface area contributed by atoms with Gasteiger partial charge in [-0.2, -0.15) is 0 Å². The van der Waals surface area contributed by atoms with E-state index in [0.717, 1.165) is 29.9 Å². The smallest absolute Gasteiger partial charge is 0.128 e. The molecule has 0 bridgehead atoms. The molecule has 0 fully saturated rings. The van der Waals surface area contributed by atoms with Crippen LogP contribution in [-0.4, -0.2) is 36.7 Å². The van der Waals surface area contributed by atoms with E-state index in [1.54, 1.807) is 0 Å². The Morgan fingerprint density at radius 3 is 2.85 bits per heavy atom. The van der Waals surface area contributed by atoms with Gasteiger partial charge in [0.05, 0.1) is 12.3 Å². The van der Waals surface area contributed by atoms with Crippen molar-refractivity contribution in [3.05, 3.63) is 53.0 Å². The van der Waals surface area contributed by atoms with Gasteiger partial charge in [0.25, 0.3) is 0 Å². The molecular weight excluding hydrogens is 388 g/mol. The Bertz CT molecular complexity index is 916. The number of nitrogens with zero attached hydrogens (tertiary/aromatic N) is 2. The maximum absolute atomic E-state index is 6.26. The van der Waals surface area contributed by atoms with Gasteiger partial charge in [0, 0.05) is 33.4 Å². The second kappa shape index (κ2) is 7.45. The highest BCUT2D eigenvalue weighted by Gasteiger charge is 2.22. The van der Waals surface area contributed by atoms with Gasteiger partial charge in [-0.1, -0.05) is 34.1 Å². The Kier molecular flexibility index (Phi) is 5.05. The lowest BCUT2D eigenvalue weighted by atomic mass is 10.0. The molecule has 4 heteroatoms. The van der Waals surface area contributed by atoms with Crippen LogP contribution in [0.2, 0.25) is 0 Å².